The van der Waals surface area contributed by atoms with Crippen molar-refractivity contribution >= 4 is 11.6 Å². The van der Waals surface area contributed by atoms with E-state index in [-0.39, 0.29) is 24.8 Å². The topological polar surface area (TPSA) is 99.9 Å². The van der Waals surface area contributed by atoms with Crippen molar-refractivity contribution in [3.63, 3.8) is 0 Å². The zero-order chi connectivity index (χ0) is 23.2. The number of nitrogens with one attached hydrogen (secondary N) is 1. The lowest BCUT2D eigenvalue weighted by Gasteiger charge is -2.15. The van der Waals surface area contributed by atoms with Crippen LogP contribution in [0, 0.1) is 5.82 Å². The molecule has 1 amide bonds. The molecule has 2 aromatic carbocycles. The first kappa shape index (κ1) is 22.0. The summed E-state index contributed by atoms with van der Waals surface area (Å²) in [7, 11) is 1.59. The molecule has 0 bridgehead atoms. The smallest absolute Gasteiger partial charge is 0.260 e. The molecule has 0 aliphatic carbocycles. The fourth-order valence-corrected chi connectivity index (χ4v) is 3.12. The van der Waals surface area contributed by atoms with Crippen LogP contribution >= 0.6 is 0 Å². The first-order valence-electron chi connectivity index (χ1n) is 10.2. The maximum atomic E-state index is 13.2. The number of halogens is 1. The summed E-state index contributed by atoms with van der Waals surface area (Å²) < 4.78 is 31.3. The van der Waals surface area contributed by atoms with Gasteiger partial charge < -0.3 is 19.5 Å². The first-order chi connectivity index (χ1) is 16.0. The van der Waals surface area contributed by atoms with Gasteiger partial charge >= 0.3 is 0 Å². The summed E-state index contributed by atoms with van der Waals surface area (Å²) in [6.07, 6.45) is -0.790. The van der Waals surface area contributed by atoms with E-state index >= 15 is 0 Å². The van der Waals surface area contributed by atoms with Crippen LogP contribution in [-0.2, 0) is 4.79 Å². The van der Waals surface area contributed by atoms with Crippen LogP contribution in [0.15, 0.2) is 60.7 Å². The number of benzene rings is 2. The van der Waals surface area contributed by atoms with Crippen molar-refractivity contribution < 1.29 is 23.4 Å². The molecule has 0 spiro atoms. The van der Waals surface area contributed by atoms with E-state index in [4.69, 9.17) is 14.2 Å². The molecule has 33 heavy (non-hydrogen) atoms. The normalized spacial score (nSPS) is 11.7. The molecule has 0 radical (unpaired) electrons. The number of aromatic nitrogens is 4. The molecule has 2 aromatic heterocycles. The van der Waals surface area contributed by atoms with Gasteiger partial charge in [-0.3, -0.25) is 4.79 Å². The predicted octanol–water partition coefficient (Wildman–Crippen LogP) is 2.90. The van der Waals surface area contributed by atoms with Gasteiger partial charge in [0.15, 0.2) is 17.6 Å². The van der Waals surface area contributed by atoms with E-state index in [0.29, 0.717) is 23.1 Å². The van der Waals surface area contributed by atoms with Crippen LogP contribution in [0.3, 0.4) is 0 Å². The van der Waals surface area contributed by atoms with Crippen molar-refractivity contribution in [1.82, 2.24) is 25.1 Å². The highest BCUT2D eigenvalue weighted by atomic mass is 19.1. The van der Waals surface area contributed by atoms with Crippen LogP contribution in [0.4, 0.5) is 4.39 Å². The van der Waals surface area contributed by atoms with Gasteiger partial charge in [0.05, 0.1) is 19.2 Å². The third kappa shape index (κ3) is 5.17. The molecule has 1 unspecified atom stereocenters. The Morgan fingerprint density at radius 3 is 2.79 bits per heavy atom. The van der Waals surface area contributed by atoms with Gasteiger partial charge in [0.25, 0.3) is 5.91 Å². The van der Waals surface area contributed by atoms with Gasteiger partial charge in [-0.15, -0.1) is 15.3 Å². The predicted molar refractivity (Wildman–Crippen MR) is 118 cm³/mol. The third-order valence-electron chi connectivity index (χ3n) is 4.72. The van der Waals surface area contributed by atoms with Crippen molar-refractivity contribution in [1.29, 1.82) is 0 Å². The average molecular weight is 451 g/mol. The molecule has 4 rings (SSSR count). The van der Waals surface area contributed by atoms with Crippen LogP contribution in [0.5, 0.6) is 17.4 Å². The quantitative estimate of drug-likeness (QED) is 0.391. The highest BCUT2D eigenvalue weighted by Crippen LogP contribution is 2.28. The van der Waals surface area contributed by atoms with Crippen molar-refractivity contribution in [2.75, 3.05) is 20.3 Å². The zero-order valence-electron chi connectivity index (χ0n) is 18.1. The second kappa shape index (κ2) is 9.94. The molecule has 4 aromatic rings. The van der Waals surface area contributed by atoms with Crippen molar-refractivity contribution in [2.45, 2.75) is 13.0 Å². The highest BCUT2D eigenvalue weighted by molar-refractivity contribution is 5.80. The molecule has 10 heteroatoms. The second-order valence-electron chi connectivity index (χ2n) is 7.02. The third-order valence-corrected chi connectivity index (χ3v) is 4.72. The minimum Gasteiger partial charge on any atom is -0.496 e. The maximum Gasteiger partial charge on any atom is 0.260 e. The molecule has 0 aliphatic heterocycles. The average Bonchev–Trinajstić information content (AvgIpc) is 3.24. The number of methoxy groups -OCH3 is 1. The molecular weight excluding hydrogens is 429 g/mol. The molecule has 0 fully saturated rings. The number of carbonyl (C=O) groups excluding carboxylic acids is 1. The summed E-state index contributed by atoms with van der Waals surface area (Å²) in [6, 6.07) is 16.5. The summed E-state index contributed by atoms with van der Waals surface area (Å²) >= 11 is 0. The summed E-state index contributed by atoms with van der Waals surface area (Å²) in [5, 5.41) is 15.5. The largest absolute Gasteiger partial charge is 0.496 e. The van der Waals surface area contributed by atoms with Crippen molar-refractivity contribution in [3.05, 3.63) is 66.5 Å². The monoisotopic (exact) mass is 451 g/mol. The van der Waals surface area contributed by atoms with E-state index in [2.05, 4.69) is 20.6 Å². The molecule has 0 aliphatic rings. The Bertz CT molecular complexity index is 1260. The number of ether oxygens (including phenoxy) is 3. The highest BCUT2D eigenvalue weighted by Gasteiger charge is 2.16. The summed E-state index contributed by atoms with van der Waals surface area (Å²) in [5.74, 6) is 1.02. The molecule has 0 saturated heterocycles. The fraction of sp³-hybridized carbons (Fsp3) is 0.217. The van der Waals surface area contributed by atoms with Gasteiger partial charge in [0.2, 0.25) is 5.88 Å². The Hall–Kier alpha value is -4.21. The van der Waals surface area contributed by atoms with Crippen LogP contribution in [0.25, 0.3) is 17.0 Å². The lowest BCUT2D eigenvalue weighted by atomic mass is 10.2. The molecule has 1 N–H and O–H groups in total. The Morgan fingerprint density at radius 1 is 1.12 bits per heavy atom. The number of amides is 1. The van der Waals surface area contributed by atoms with Gasteiger partial charge in [-0.05, 0) is 37.3 Å². The van der Waals surface area contributed by atoms with E-state index in [9.17, 15) is 9.18 Å². The molecule has 170 valence electrons. The van der Waals surface area contributed by atoms with Crippen LogP contribution in [0.1, 0.15) is 6.92 Å². The van der Waals surface area contributed by atoms with E-state index in [1.807, 2.05) is 24.3 Å². The number of rotatable bonds is 9. The number of para-hydroxylation sites is 1. The van der Waals surface area contributed by atoms with Crippen LogP contribution in [0.2, 0.25) is 0 Å². The number of nitrogens with zero attached hydrogens (tertiary/aromatic N) is 4. The number of fused-ring (bicyclic) bond motifs is 1. The van der Waals surface area contributed by atoms with Gasteiger partial charge in [0, 0.05) is 12.1 Å². The van der Waals surface area contributed by atoms with E-state index < -0.39 is 11.9 Å². The number of hydrogen-bond donors (Lipinski definition) is 1. The van der Waals surface area contributed by atoms with Crippen molar-refractivity contribution in [3.8, 4) is 28.8 Å². The van der Waals surface area contributed by atoms with Gasteiger partial charge in [0.1, 0.15) is 23.9 Å². The van der Waals surface area contributed by atoms with E-state index in [1.54, 1.807) is 36.7 Å². The van der Waals surface area contributed by atoms with Gasteiger partial charge in [-0.25, -0.2) is 4.39 Å². The number of hydrogen-bond acceptors (Lipinski definition) is 7. The minimum atomic E-state index is -0.790. The Kier molecular flexibility index (Phi) is 6.63. The van der Waals surface area contributed by atoms with E-state index in [0.717, 1.165) is 5.56 Å². The Balaban J connectivity index is 1.34. The van der Waals surface area contributed by atoms with Crippen molar-refractivity contribution in [2.24, 2.45) is 0 Å². The molecule has 9 nitrogen and oxygen atoms in total. The fourth-order valence-electron chi connectivity index (χ4n) is 3.12. The molecule has 0 saturated carbocycles. The summed E-state index contributed by atoms with van der Waals surface area (Å²) in [5.41, 5.74) is 1.30. The lowest BCUT2D eigenvalue weighted by molar-refractivity contribution is -0.127. The summed E-state index contributed by atoms with van der Waals surface area (Å²) in [6.45, 7) is 2.00. The molecular formula is C23H22FN5O4. The minimum absolute atomic E-state index is 0.184. The second-order valence-corrected chi connectivity index (χ2v) is 7.02. The molecule has 1 atom stereocenters. The zero-order valence-corrected chi connectivity index (χ0v) is 18.1. The lowest BCUT2D eigenvalue weighted by Crippen LogP contribution is -2.38. The SMILES string of the molecule is COc1ccccc1-c1nnc2ccc(OCCNC(=O)C(C)Oc3cccc(F)c3)nn12. The maximum absolute atomic E-state index is 13.2. The van der Waals surface area contributed by atoms with E-state index in [1.165, 1.54) is 18.2 Å². The Morgan fingerprint density at radius 2 is 1.97 bits per heavy atom. The number of carbonyl (C=O) groups is 1. The van der Waals surface area contributed by atoms with Crippen LogP contribution in [-0.4, -0.2) is 52.1 Å². The molecule has 2 heterocycles. The van der Waals surface area contributed by atoms with Gasteiger partial charge in [-0.2, -0.15) is 4.52 Å². The first-order valence-corrected chi connectivity index (χ1v) is 10.2. The summed E-state index contributed by atoms with van der Waals surface area (Å²) in [4.78, 5) is 12.2. The van der Waals surface area contributed by atoms with Crippen LogP contribution < -0.4 is 19.5 Å². The standard InChI is InChI=1S/C23H22FN5O4/c1-15(33-17-7-5-6-16(24)14-17)23(30)25-12-13-32-21-11-10-20-26-27-22(29(20)28-21)18-8-3-4-9-19(18)31-2/h3-11,14-15H,12-13H2,1-2H3,(H,25,30). The van der Waals surface area contributed by atoms with Gasteiger partial charge in [-0.1, -0.05) is 18.2 Å². The Labute approximate surface area is 189 Å².